The van der Waals surface area contributed by atoms with Crippen LogP contribution in [0.2, 0.25) is 0 Å². The van der Waals surface area contributed by atoms with Crippen LogP contribution in [0.1, 0.15) is 90.4 Å². The van der Waals surface area contributed by atoms with E-state index < -0.39 is 0 Å². The van der Waals surface area contributed by atoms with E-state index in [1.54, 1.807) is 0 Å². The number of aliphatic hydroxyl groups excluding tert-OH is 1. The summed E-state index contributed by atoms with van der Waals surface area (Å²) in [6, 6.07) is 0. The van der Waals surface area contributed by atoms with Gasteiger partial charge in [0.2, 0.25) is 0 Å². The molecule has 0 spiro atoms. The van der Waals surface area contributed by atoms with Gasteiger partial charge in [0, 0.05) is 13.2 Å². The Morgan fingerprint density at radius 3 is 2.05 bits per heavy atom. The van der Waals surface area contributed by atoms with Crippen LogP contribution in [-0.4, -0.2) is 24.9 Å². The Balaban J connectivity index is 3.01. The minimum absolute atomic E-state index is 0.339. The van der Waals surface area contributed by atoms with Crippen molar-refractivity contribution in [2.45, 2.75) is 90.4 Å². The van der Waals surface area contributed by atoms with Crippen molar-refractivity contribution >= 4 is 0 Å². The van der Waals surface area contributed by atoms with Crippen LogP contribution in [0.4, 0.5) is 0 Å². The number of aliphatic hydroxyl groups is 1. The SMILES string of the molecule is CCCCCCCCCOCCC=CCCCCCCO. The molecule has 0 saturated carbocycles. The third-order valence-corrected chi connectivity index (χ3v) is 3.77. The van der Waals surface area contributed by atoms with E-state index in [0.717, 1.165) is 32.5 Å². The maximum Gasteiger partial charge on any atom is 0.0500 e. The fourth-order valence-electron chi connectivity index (χ4n) is 2.38. The van der Waals surface area contributed by atoms with Crippen LogP contribution in [0.15, 0.2) is 12.2 Å². The number of hydrogen-bond acceptors (Lipinski definition) is 2. The van der Waals surface area contributed by atoms with E-state index in [1.807, 2.05) is 0 Å². The van der Waals surface area contributed by atoms with Gasteiger partial charge >= 0.3 is 0 Å². The topological polar surface area (TPSA) is 29.5 Å². The molecule has 0 radical (unpaired) electrons. The van der Waals surface area contributed by atoms with Gasteiger partial charge in [0.05, 0.1) is 6.61 Å². The standard InChI is InChI=1S/C19H38O2/c1-2-3-4-5-9-12-15-18-21-19-16-13-10-7-6-8-11-14-17-20/h10,13,20H,2-9,11-12,14-19H2,1H3. The third-order valence-electron chi connectivity index (χ3n) is 3.77. The zero-order chi connectivity index (χ0) is 15.4. The largest absolute Gasteiger partial charge is 0.396 e. The van der Waals surface area contributed by atoms with Crippen molar-refractivity contribution in [2.75, 3.05) is 19.8 Å². The van der Waals surface area contributed by atoms with Crippen molar-refractivity contribution in [2.24, 2.45) is 0 Å². The summed E-state index contributed by atoms with van der Waals surface area (Å²) < 4.78 is 5.64. The van der Waals surface area contributed by atoms with E-state index in [0.29, 0.717) is 6.61 Å². The van der Waals surface area contributed by atoms with E-state index in [9.17, 15) is 0 Å². The molecule has 1 N–H and O–H groups in total. The Hall–Kier alpha value is -0.340. The van der Waals surface area contributed by atoms with Gasteiger partial charge in [-0.15, -0.1) is 0 Å². The fourth-order valence-corrected chi connectivity index (χ4v) is 2.38. The molecule has 0 bridgehead atoms. The maximum absolute atomic E-state index is 8.66. The van der Waals surface area contributed by atoms with Gasteiger partial charge in [-0.2, -0.15) is 0 Å². The summed E-state index contributed by atoms with van der Waals surface area (Å²) in [5.74, 6) is 0. The normalized spacial score (nSPS) is 11.5. The molecule has 0 fully saturated rings. The molecule has 0 rings (SSSR count). The van der Waals surface area contributed by atoms with Gasteiger partial charge in [-0.25, -0.2) is 0 Å². The molecule has 0 aliphatic rings. The first kappa shape index (κ1) is 20.7. The lowest BCUT2D eigenvalue weighted by Gasteiger charge is -2.03. The van der Waals surface area contributed by atoms with Gasteiger partial charge in [-0.05, 0) is 32.1 Å². The molecule has 21 heavy (non-hydrogen) atoms. The van der Waals surface area contributed by atoms with Crippen molar-refractivity contribution in [1.82, 2.24) is 0 Å². The Bertz CT molecular complexity index is 202. The van der Waals surface area contributed by atoms with E-state index in [-0.39, 0.29) is 0 Å². The van der Waals surface area contributed by atoms with Crippen LogP contribution >= 0.6 is 0 Å². The molecule has 0 atom stereocenters. The summed E-state index contributed by atoms with van der Waals surface area (Å²) in [5.41, 5.74) is 0. The van der Waals surface area contributed by atoms with Crippen molar-refractivity contribution in [3.05, 3.63) is 12.2 Å². The summed E-state index contributed by atoms with van der Waals surface area (Å²) in [6.45, 7) is 4.41. The zero-order valence-corrected chi connectivity index (χ0v) is 14.3. The van der Waals surface area contributed by atoms with Crippen molar-refractivity contribution in [3.8, 4) is 0 Å². The zero-order valence-electron chi connectivity index (χ0n) is 14.3. The molecule has 0 aliphatic heterocycles. The second-order valence-corrected chi connectivity index (χ2v) is 5.92. The van der Waals surface area contributed by atoms with Gasteiger partial charge in [-0.3, -0.25) is 0 Å². The molecule has 2 nitrogen and oxygen atoms in total. The fraction of sp³-hybridized carbons (Fsp3) is 0.895. The molecule has 0 aliphatic carbocycles. The predicted molar refractivity (Wildman–Crippen MR) is 92.7 cm³/mol. The highest BCUT2D eigenvalue weighted by Gasteiger charge is 1.91. The lowest BCUT2D eigenvalue weighted by molar-refractivity contribution is 0.134. The van der Waals surface area contributed by atoms with Gasteiger partial charge in [-0.1, -0.05) is 70.4 Å². The maximum atomic E-state index is 8.66. The summed E-state index contributed by atoms with van der Waals surface area (Å²) in [6.07, 6.45) is 20.8. The smallest absolute Gasteiger partial charge is 0.0500 e. The van der Waals surface area contributed by atoms with E-state index in [1.165, 1.54) is 64.2 Å². The van der Waals surface area contributed by atoms with Gasteiger partial charge < -0.3 is 9.84 Å². The Labute approximate surface area is 133 Å². The molecular weight excluding hydrogens is 260 g/mol. The highest BCUT2D eigenvalue weighted by atomic mass is 16.5. The van der Waals surface area contributed by atoms with E-state index in [2.05, 4.69) is 19.1 Å². The van der Waals surface area contributed by atoms with Crippen LogP contribution in [0.5, 0.6) is 0 Å². The van der Waals surface area contributed by atoms with Crippen LogP contribution in [-0.2, 0) is 4.74 Å². The average Bonchev–Trinajstić information content (AvgIpc) is 2.50. The Morgan fingerprint density at radius 1 is 0.667 bits per heavy atom. The highest BCUT2D eigenvalue weighted by Crippen LogP contribution is 2.07. The molecule has 0 aromatic carbocycles. The number of rotatable bonds is 17. The summed E-state index contributed by atoms with van der Waals surface area (Å²) in [7, 11) is 0. The van der Waals surface area contributed by atoms with Gasteiger partial charge in [0.1, 0.15) is 0 Å². The molecule has 0 heterocycles. The van der Waals surface area contributed by atoms with E-state index in [4.69, 9.17) is 9.84 Å². The quantitative estimate of drug-likeness (QED) is 0.278. The van der Waals surface area contributed by atoms with E-state index >= 15 is 0 Å². The monoisotopic (exact) mass is 298 g/mol. The first-order valence-corrected chi connectivity index (χ1v) is 9.25. The van der Waals surface area contributed by atoms with Crippen molar-refractivity contribution < 1.29 is 9.84 Å². The predicted octanol–water partition coefficient (Wildman–Crippen LogP) is 5.64. The van der Waals surface area contributed by atoms with Crippen molar-refractivity contribution in [1.29, 1.82) is 0 Å². The number of unbranched alkanes of at least 4 members (excludes halogenated alkanes) is 10. The average molecular weight is 299 g/mol. The summed E-state index contributed by atoms with van der Waals surface area (Å²) in [4.78, 5) is 0. The molecule has 0 aromatic rings. The third kappa shape index (κ3) is 19.7. The first-order chi connectivity index (χ1) is 10.4. The van der Waals surface area contributed by atoms with Crippen LogP contribution in [0.25, 0.3) is 0 Å². The number of allylic oxidation sites excluding steroid dienone is 1. The minimum atomic E-state index is 0.339. The number of hydrogen-bond donors (Lipinski definition) is 1. The Kier molecular flexibility index (Phi) is 19.3. The molecule has 0 aromatic heterocycles. The van der Waals surface area contributed by atoms with Crippen molar-refractivity contribution in [3.63, 3.8) is 0 Å². The second-order valence-electron chi connectivity index (χ2n) is 5.92. The minimum Gasteiger partial charge on any atom is -0.396 e. The lowest BCUT2D eigenvalue weighted by atomic mass is 10.1. The molecule has 0 amide bonds. The lowest BCUT2D eigenvalue weighted by Crippen LogP contribution is -1.95. The van der Waals surface area contributed by atoms with Crippen LogP contribution in [0, 0.1) is 0 Å². The Morgan fingerprint density at radius 2 is 1.29 bits per heavy atom. The van der Waals surface area contributed by atoms with Gasteiger partial charge in [0.15, 0.2) is 0 Å². The molecule has 0 saturated heterocycles. The van der Waals surface area contributed by atoms with Gasteiger partial charge in [0.25, 0.3) is 0 Å². The molecular formula is C19H38O2. The molecule has 126 valence electrons. The number of ether oxygens (including phenoxy) is 1. The highest BCUT2D eigenvalue weighted by molar-refractivity contribution is 4.81. The van der Waals surface area contributed by atoms with Crippen LogP contribution in [0.3, 0.4) is 0 Å². The summed E-state index contributed by atoms with van der Waals surface area (Å²) >= 11 is 0. The summed E-state index contributed by atoms with van der Waals surface area (Å²) in [5, 5.41) is 8.66. The first-order valence-electron chi connectivity index (χ1n) is 9.25. The van der Waals surface area contributed by atoms with Crippen LogP contribution < -0.4 is 0 Å². The second kappa shape index (κ2) is 19.7. The molecule has 2 heteroatoms. The molecule has 0 unspecified atom stereocenters.